The number of thioether (sulfide) groups is 1. The number of thiazole rings is 1. The average Bonchev–Trinajstić information content (AvgIpc) is 3.07. The van der Waals surface area contributed by atoms with Gasteiger partial charge < -0.3 is 5.32 Å². The first kappa shape index (κ1) is 19.5. The van der Waals surface area contributed by atoms with Gasteiger partial charge in [-0.3, -0.25) is 4.79 Å². The van der Waals surface area contributed by atoms with Crippen LogP contribution < -0.4 is 5.32 Å². The number of carbonyl (C=O) groups is 1. The normalized spacial score (nSPS) is 12.0. The summed E-state index contributed by atoms with van der Waals surface area (Å²) >= 11 is 20.7. The summed E-state index contributed by atoms with van der Waals surface area (Å²) in [6, 6.07) is 12.7. The van der Waals surface area contributed by atoms with Gasteiger partial charge in [0.15, 0.2) is 5.13 Å². The molecule has 0 aliphatic rings. The van der Waals surface area contributed by atoms with Crippen LogP contribution in [-0.2, 0) is 4.79 Å². The number of benzene rings is 2. The van der Waals surface area contributed by atoms with Gasteiger partial charge in [0.1, 0.15) is 0 Å². The van der Waals surface area contributed by atoms with E-state index in [0.717, 1.165) is 16.2 Å². The van der Waals surface area contributed by atoms with Crippen LogP contribution in [0.4, 0.5) is 5.13 Å². The SMILES string of the molecule is CC(Sc1ccc(Cl)cc1)C(=O)Nc1nc(-c2ccc(Cl)c(Cl)c2)cs1. The molecule has 0 aliphatic heterocycles. The summed E-state index contributed by atoms with van der Waals surface area (Å²) in [7, 11) is 0. The van der Waals surface area contributed by atoms with Gasteiger partial charge in [0.2, 0.25) is 5.91 Å². The summed E-state index contributed by atoms with van der Waals surface area (Å²) in [5.41, 5.74) is 1.58. The van der Waals surface area contributed by atoms with Crippen molar-refractivity contribution in [3.05, 3.63) is 62.9 Å². The third-order valence-electron chi connectivity index (χ3n) is 3.45. The van der Waals surface area contributed by atoms with Gasteiger partial charge in [-0.2, -0.15) is 0 Å². The van der Waals surface area contributed by atoms with Crippen molar-refractivity contribution in [3.63, 3.8) is 0 Å². The number of hydrogen-bond donors (Lipinski definition) is 1. The smallest absolute Gasteiger partial charge is 0.239 e. The van der Waals surface area contributed by atoms with Crippen molar-refractivity contribution in [3.8, 4) is 11.3 Å². The van der Waals surface area contributed by atoms with Crippen LogP contribution in [0.5, 0.6) is 0 Å². The Morgan fingerprint density at radius 2 is 1.85 bits per heavy atom. The van der Waals surface area contributed by atoms with Crippen LogP contribution in [0, 0.1) is 0 Å². The molecule has 0 fully saturated rings. The predicted octanol–water partition coefficient (Wildman–Crippen LogP) is 6.89. The Labute approximate surface area is 174 Å². The van der Waals surface area contributed by atoms with Gasteiger partial charge in [0, 0.05) is 20.9 Å². The Balaban J connectivity index is 1.65. The molecular weight excluding hydrogens is 431 g/mol. The lowest BCUT2D eigenvalue weighted by Gasteiger charge is -2.10. The topological polar surface area (TPSA) is 42.0 Å². The van der Waals surface area contributed by atoms with Crippen LogP contribution in [0.15, 0.2) is 52.7 Å². The molecule has 1 heterocycles. The van der Waals surface area contributed by atoms with Crippen molar-refractivity contribution in [1.82, 2.24) is 4.98 Å². The second-order valence-corrected chi connectivity index (χ2v) is 8.89. The first-order chi connectivity index (χ1) is 12.4. The van der Waals surface area contributed by atoms with Crippen LogP contribution in [-0.4, -0.2) is 16.1 Å². The van der Waals surface area contributed by atoms with Crippen molar-refractivity contribution in [1.29, 1.82) is 0 Å². The third-order valence-corrected chi connectivity index (χ3v) is 6.31. The van der Waals surface area contributed by atoms with Crippen LogP contribution >= 0.6 is 57.9 Å². The minimum absolute atomic E-state index is 0.111. The third kappa shape index (κ3) is 4.93. The molecular formula is C18H13Cl3N2OS2. The largest absolute Gasteiger partial charge is 0.301 e. The predicted molar refractivity (Wildman–Crippen MR) is 113 cm³/mol. The summed E-state index contributed by atoms with van der Waals surface area (Å²) in [6.07, 6.45) is 0. The second kappa shape index (κ2) is 8.63. The monoisotopic (exact) mass is 442 g/mol. The molecule has 1 atom stereocenters. The minimum atomic E-state index is -0.270. The molecule has 1 aromatic heterocycles. The molecule has 1 unspecified atom stereocenters. The Morgan fingerprint density at radius 3 is 2.54 bits per heavy atom. The maximum atomic E-state index is 12.4. The van der Waals surface area contributed by atoms with Crippen molar-refractivity contribution in [2.24, 2.45) is 0 Å². The van der Waals surface area contributed by atoms with Crippen LogP contribution in [0.2, 0.25) is 15.1 Å². The molecule has 0 aliphatic carbocycles. The van der Waals surface area contributed by atoms with Crippen LogP contribution in [0.3, 0.4) is 0 Å². The molecule has 0 saturated heterocycles. The van der Waals surface area contributed by atoms with Crippen molar-refractivity contribution in [2.75, 3.05) is 5.32 Å². The lowest BCUT2D eigenvalue weighted by atomic mass is 10.2. The highest BCUT2D eigenvalue weighted by atomic mass is 35.5. The van der Waals surface area contributed by atoms with E-state index in [-0.39, 0.29) is 11.2 Å². The number of aromatic nitrogens is 1. The molecule has 0 saturated carbocycles. The Morgan fingerprint density at radius 1 is 1.12 bits per heavy atom. The Kier molecular flexibility index (Phi) is 6.48. The molecule has 0 spiro atoms. The number of nitrogens with zero attached hydrogens (tertiary/aromatic N) is 1. The second-order valence-electron chi connectivity index (χ2n) is 5.37. The molecule has 3 rings (SSSR count). The zero-order valence-electron chi connectivity index (χ0n) is 13.5. The van der Waals surface area contributed by atoms with Gasteiger partial charge in [0.25, 0.3) is 0 Å². The number of amides is 1. The van der Waals surface area contributed by atoms with Crippen molar-refractivity contribution >= 4 is 68.9 Å². The van der Waals surface area contributed by atoms with E-state index in [1.165, 1.54) is 23.1 Å². The maximum Gasteiger partial charge on any atom is 0.239 e. The first-order valence-electron chi connectivity index (χ1n) is 7.56. The molecule has 26 heavy (non-hydrogen) atoms. The Bertz CT molecular complexity index is 928. The van der Waals surface area contributed by atoms with E-state index in [1.807, 2.05) is 30.5 Å². The molecule has 1 amide bonds. The Hall–Kier alpha value is -1.24. The van der Waals surface area contributed by atoms with Gasteiger partial charge in [-0.1, -0.05) is 40.9 Å². The summed E-state index contributed by atoms with van der Waals surface area (Å²) in [4.78, 5) is 17.8. The molecule has 134 valence electrons. The van der Waals surface area contributed by atoms with E-state index < -0.39 is 0 Å². The van der Waals surface area contributed by atoms with E-state index in [2.05, 4.69) is 10.3 Å². The lowest BCUT2D eigenvalue weighted by molar-refractivity contribution is -0.115. The summed E-state index contributed by atoms with van der Waals surface area (Å²) in [5, 5.41) is 6.62. The van der Waals surface area contributed by atoms with Crippen LogP contribution in [0.1, 0.15) is 6.92 Å². The zero-order valence-corrected chi connectivity index (χ0v) is 17.4. The highest BCUT2D eigenvalue weighted by molar-refractivity contribution is 8.00. The van der Waals surface area contributed by atoms with E-state index in [0.29, 0.717) is 20.2 Å². The van der Waals surface area contributed by atoms with E-state index >= 15 is 0 Å². The highest BCUT2D eigenvalue weighted by Gasteiger charge is 2.16. The van der Waals surface area contributed by atoms with Crippen LogP contribution in [0.25, 0.3) is 11.3 Å². The molecule has 0 bridgehead atoms. The standard InChI is InChI=1S/C18H13Cl3N2OS2/c1-10(26-13-5-3-12(19)4-6-13)17(24)23-18-22-16(9-25-18)11-2-7-14(20)15(21)8-11/h2-10H,1H3,(H,22,23,24). The molecule has 2 aromatic carbocycles. The number of nitrogens with one attached hydrogen (secondary N) is 1. The maximum absolute atomic E-state index is 12.4. The number of rotatable bonds is 5. The van der Waals surface area contributed by atoms with Gasteiger partial charge in [0.05, 0.1) is 21.0 Å². The number of carbonyl (C=O) groups excluding carboxylic acids is 1. The van der Waals surface area contributed by atoms with Crippen molar-refractivity contribution in [2.45, 2.75) is 17.1 Å². The first-order valence-corrected chi connectivity index (χ1v) is 10.5. The summed E-state index contributed by atoms with van der Waals surface area (Å²) < 4.78 is 0. The van der Waals surface area contributed by atoms with E-state index in [4.69, 9.17) is 34.8 Å². The lowest BCUT2D eigenvalue weighted by Crippen LogP contribution is -2.22. The van der Waals surface area contributed by atoms with Gasteiger partial charge >= 0.3 is 0 Å². The van der Waals surface area contributed by atoms with E-state index in [9.17, 15) is 4.79 Å². The average molecular weight is 444 g/mol. The molecule has 1 N–H and O–H groups in total. The van der Waals surface area contributed by atoms with E-state index in [1.54, 1.807) is 24.3 Å². The molecule has 3 nitrogen and oxygen atoms in total. The van der Waals surface area contributed by atoms with Gasteiger partial charge in [-0.25, -0.2) is 4.98 Å². The fourth-order valence-corrected chi connectivity index (χ4v) is 4.11. The van der Waals surface area contributed by atoms with Gasteiger partial charge in [-0.15, -0.1) is 23.1 Å². The number of anilines is 1. The minimum Gasteiger partial charge on any atom is -0.301 e. The van der Waals surface area contributed by atoms with Crippen molar-refractivity contribution < 1.29 is 4.79 Å². The fraction of sp³-hybridized carbons (Fsp3) is 0.111. The molecule has 3 aromatic rings. The quantitative estimate of drug-likeness (QED) is 0.436. The number of hydrogen-bond acceptors (Lipinski definition) is 4. The van der Waals surface area contributed by atoms with Gasteiger partial charge in [-0.05, 0) is 43.3 Å². The summed E-state index contributed by atoms with van der Waals surface area (Å²) in [6.45, 7) is 1.85. The number of halogens is 3. The molecule has 0 radical (unpaired) electrons. The molecule has 8 heteroatoms. The fourth-order valence-electron chi connectivity index (χ4n) is 2.10. The zero-order chi connectivity index (χ0) is 18.7. The highest BCUT2D eigenvalue weighted by Crippen LogP contribution is 2.31. The summed E-state index contributed by atoms with van der Waals surface area (Å²) in [5.74, 6) is -0.111.